The van der Waals surface area contributed by atoms with E-state index in [1.807, 2.05) is 19.0 Å². The van der Waals surface area contributed by atoms with E-state index in [-0.39, 0.29) is 5.28 Å². The van der Waals surface area contributed by atoms with Crippen LogP contribution in [0, 0.1) is 0 Å². The van der Waals surface area contributed by atoms with Crippen LogP contribution in [0.4, 0.5) is 11.9 Å². The Kier molecular flexibility index (Phi) is 6.28. The fraction of sp³-hybridized carbons (Fsp3) is 0.769. The van der Waals surface area contributed by atoms with Gasteiger partial charge in [-0.15, -0.1) is 0 Å². The van der Waals surface area contributed by atoms with Crippen molar-refractivity contribution in [3.05, 3.63) is 5.28 Å². The molecular formula is C13H24ClN5. The quantitative estimate of drug-likeness (QED) is 0.771. The van der Waals surface area contributed by atoms with Gasteiger partial charge in [-0.1, -0.05) is 20.3 Å². The van der Waals surface area contributed by atoms with Crippen LogP contribution in [0.5, 0.6) is 0 Å². The summed E-state index contributed by atoms with van der Waals surface area (Å²) in [4.78, 5) is 17.0. The smallest absolute Gasteiger partial charge is 0.231 e. The van der Waals surface area contributed by atoms with Gasteiger partial charge in [0.15, 0.2) is 0 Å². The first-order chi connectivity index (χ1) is 8.99. The summed E-state index contributed by atoms with van der Waals surface area (Å²) in [6.45, 7) is 7.47. The Labute approximate surface area is 121 Å². The molecule has 0 N–H and O–H groups in total. The van der Waals surface area contributed by atoms with Crippen LogP contribution in [0.25, 0.3) is 0 Å². The Balaban J connectivity index is 3.06. The molecule has 1 unspecified atom stereocenters. The number of rotatable bonds is 7. The first-order valence-corrected chi connectivity index (χ1v) is 7.22. The number of nitrogens with zero attached hydrogens (tertiary/aromatic N) is 5. The van der Waals surface area contributed by atoms with Gasteiger partial charge in [0.25, 0.3) is 0 Å². The minimum atomic E-state index is 0.249. The van der Waals surface area contributed by atoms with Crippen LogP contribution in [0.3, 0.4) is 0 Å². The Morgan fingerprint density at radius 1 is 1.11 bits per heavy atom. The van der Waals surface area contributed by atoms with Gasteiger partial charge in [0.05, 0.1) is 0 Å². The van der Waals surface area contributed by atoms with Gasteiger partial charge in [-0.3, -0.25) is 0 Å². The molecule has 0 aromatic carbocycles. The minimum absolute atomic E-state index is 0.249. The molecule has 0 saturated heterocycles. The second kappa shape index (κ2) is 7.48. The number of unbranched alkanes of at least 4 members (excludes halogenated alkanes) is 1. The molecule has 6 heteroatoms. The third-order valence-corrected chi connectivity index (χ3v) is 3.29. The fourth-order valence-electron chi connectivity index (χ4n) is 1.72. The SMILES string of the molecule is CCCCN(c1nc(Cl)nc(N(C)C)n1)C(C)CC. The number of anilines is 2. The lowest BCUT2D eigenvalue weighted by atomic mass is 10.2. The molecular weight excluding hydrogens is 262 g/mol. The van der Waals surface area contributed by atoms with Gasteiger partial charge in [-0.05, 0) is 31.4 Å². The molecule has 108 valence electrons. The van der Waals surface area contributed by atoms with Gasteiger partial charge in [0.1, 0.15) is 0 Å². The molecule has 0 spiro atoms. The third kappa shape index (κ3) is 4.49. The number of aromatic nitrogens is 3. The summed E-state index contributed by atoms with van der Waals surface area (Å²) < 4.78 is 0. The van der Waals surface area contributed by atoms with Gasteiger partial charge in [0, 0.05) is 26.7 Å². The van der Waals surface area contributed by atoms with Gasteiger partial charge in [0.2, 0.25) is 17.2 Å². The first kappa shape index (κ1) is 16.0. The predicted molar refractivity (Wildman–Crippen MR) is 81.2 cm³/mol. The monoisotopic (exact) mass is 285 g/mol. The molecule has 1 heterocycles. The standard InChI is InChI=1S/C13H24ClN5/c1-6-8-9-19(10(3)7-2)13-16-11(14)15-12(17-13)18(4)5/h10H,6-9H2,1-5H3. The highest BCUT2D eigenvalue weighted by atomic mass is 35.5. The zero-order chi connectivity index (χ0) is 14.4. The van der Waals surface area contributed by atoms with Crippen molar-refractivity contribution in [1.29, 1.82) is 0 Å². The average molecular weight is 286 g/mol. The topological polar surface area (TPSA) is 45.2 Å². The van der Waals surface area contributed by atoms with E-state index in [0.29, 0.717) is 17.9 Å². The normalized spacial score (nSPS) is 12.3. The lowest BCUT2D eigenvalue weighted by molar-refractivity contribution is 0.581. The number of halogens is 1. The molecule has 1 aromatic rings. The van der Waals surface area contributed by atoms with Crippen molar-refractivity contribution < 1.29 is 0 Å². The maximum absolute atomic E-state index is 6.00. The van der Waals surface area contributed by atoms with E-state index in [2.05, 4.69) is 40.6 Å². The highest BCUT2D eigenvalue weighted by molar-refractivity contribution is 6.28. The predicted octanol–water partition coefficient (Wildman–Crippen LogP) is 3.00. The molecule has 1 atom stereocenters. The van der Waals surface area contributed by atoms with Crippen molar-refractivity contribution in [2.75, 3.05) is 30.4 Å². The van der Waals surface area contributed by atoms with E-state index < -0.39 is 0 Å². The molecule has 1 rings (SSSR count). The maximum Gasteiger partial charge on any atom is 0.231 e. The van der Waals surface area contributed by atoms with Crippen LogP contribution in [0.2, 0.25) is 5.28 Å². The summed E-state index contributed by atoms with van der Waals surface area (Å²) in [7, 11) is 3.80. The summed E-state index contributed by atoms with van der Waals surface area (Å²) in [5.74, 6) is 1.27. The zero-order valence-corrected chi connectivity index (χ0v) is 13.3. The van der Waals surface area contributed by atoms with Crippen LogP contribution >= 0.6 is 11.6 Å². The van der Waals surface area contributed by atoms with E-state index in [0.717, 1.165) is 25.8 Å². The molecule has 0 radical (unpaired) electrons. The third-order valence-electron chi connectivity index (χ3n) is 3.12. The Bertz CT molecular complexity index is 397. The van der Waals surface area contributed by atoms with Crippen molar-refractivity contribution in [3.8, 4) is 0 Å². The van der Waals surface area contributed by atoms with Crippen LogP contribution in [0.15, 0.2) is 0 Å². The molecule has 0 aliphatic rings. The van der Waals surface area contributed by atoms with Crippen molar-refractivity contribution in [3.63, 3.8) is 0 Å². The minimum Gasteiger partial charge on any atom is -0.347 e. The Morgan fingerprint density at radius 3 is 2.26 bits per heavy atom. The lowest BCUT2D eigenvalue weighted by Gasteiger charge is -2.29. The van der Waals surface area contributed by atoms with E-state index in [1.54, 1.807) is 0 Å². The molecule has 19 heavy (non-hydrogen) atoms. The molecule has 1 aromatic heterocycles. The van der Waals surface area contributed by atoms with E-state index in [4.69, 9.17) is 11.6 Å². The van der Waals surface area contributed by atoms with Crippen molar-refractivity contribution in [2.24, 2.45) is 0 Å². The molecule has 0 amide bonds. The maximum atomic E-state index is 6.00. The summed E-state index contributed by atoms with van der Waals surface area (Å²) >= 11 is 6.00. The van der Waals surface area contributed by atoms with E-state index >= 15 is 0 Å². The summed E-state index contributed by atoms with van der Waals surface area (Å²) in [5, 5.41) is 0.249. The van der Waals surface area contributed by atoms with Gasteiger partial charge in [-0.25, -0.2) is 0 Å². The average Bonchev–Trinajstić information content (AvgIpc) is 2.38. The van der Waals surface area contributed by atoms with Crippen LogP contribution in [0.1, 0.15) is 40.0 Å². The second-order valence-corrected chi connectivity index (χ2v) is 5.24. The van der Waals surface area contributed by atoms with Gasteiger partial charge < -0.3 is 9.80 Å². The van der Waals surface area contributed by atoms with Crippen molar-refractivity contribution in [1.82, 2.24) is 15.0 Å². The fourth-order valence-corrected chi connectivity index (χ4v) is 1.88. The van der Waals surface area contributed by atoms with Crippen LogP contribution < -0.4 is 9.80 Å². The number of hydrogen-bond donors (Lipinski definition) is 0. The van der Waals surface area contributed by atoms with Crippen molar-refractivity contribution >= 4 is 23.5 Å². The Morgan fingerprint density at radius 2 is 1.74 bits per heavy atom. The highest BCUT2D eigenvalue weighted by Crippen LogP contribution is 2.19. The zero-order valence-electron chi connectivity index (χ0n) is 12.5. The van der Waals surface area contributed by atoms with Crippen molar-refractivity contribution in [2.45, 2.75) is 46.1 Å². The highest BCUT2D eigenvalue weighted by Gasteiger charge is 2.17. The van der Waals surface area contributed by atoms with Crippen LogP contribution in [-0.4, -0.2) is 41.6 Å². The molecule has 0 saturated carbocycles. The largest absolute Gasteiger partial charge is 0.347 e. The number of hydrogen-bond acceptors (Lipinski definition) is 5. The second-order valence-electron chi connectivity index (χ2n) is 4.90. The summed E-state index contributed by atoms with van der Waals surface area (Å²) in [5.41, 5.74) is 0. The summed E-state index contributed by atoms with van der Waals surface area (Å²) in [6, 6.07) is 0.389. The molecule has 5 nitrogen and oxygen atoms in total. The molecule has 0 bridgehead atoms. The van der Waals surface area contributed by atoms with Gasteiger partial charge >= 0.3 is 0 Å². The lowest BCUT2D eigenvalue weighted by Crippen LogP contribution is -2.35. The first-order valence-electron chi connectivity index (χ1n) is 6.85. The van der Waals surface area contributed by atoms with Crippen LogP contribution in [-0.2, 0) is 0 Å². The van der Waals surface area contributed by atoms with E-state index in [1.165, 1.54) is 0 Å². The molecule has 0 aliphatic carbocycles. The van der Waals surface area contributed by atoms with E-state index in [9.17, 15) is 0 Å². The van der Waals surface area contributed by atoms with Gasteiger partial charge in [-0.2, -0.15) is 15.0 Å². The Hall–Kier alpha value is -1.10. The molecule has 0 aliphatic heterocycles. The summed E-state index contributed by atoms with van der Waals surface area (Å²) in [6.07, 6.45) is 3.31. The molecule has 0 fully saturated rings.